The van der Waals surface area contributed by atoms with Crippen LogP contribution in [-0.4, -0.2) is 61.5 Å². The van der Waals surface area contributed by atoms with Gasteiger partial charge in [-0.25, -0.2) is 12.7 Å². The van der Waals surface area contributed by atoms with Gasteiger partial charge in [0.05, 0.1) is 29.7 Å². The van der Waals surface area contributed by atoms with E-state index in [1.54, 1.807) is 19.2 Å². The number of ether oxygens (including phenoxy) is 1. The molecule has 5 atom stereocenters. The summed E-state index contributed by atoms with van der Waals surface area (Å²) in [6.45, 7) is 2.14. The van der Waals surface area contributed by atoms with E-state index < -0.39 is 33.4 Å². The van der Waals surface area contributed by atoms with Gasteiger partial charge in [-0.15, -0.1) is 0 Å². The first-order chi connectivity index (χ1) is 18.5. The zero-order valence-electron chi connectivity index (χ0n) is 22.3. The first kappa shape index (κ1) is 28.4. The zero-order valence-corrected chi connectivity index (χ0v) is 24.7. The molecule has 0 bridgehead atoms. The van der Waals surface area contributed by atoms with Crippen molar-refractivity contribution < 1.29 is 22.7 Å². The van der Waals surface area contributed by atoms with Gasteiger partial charge in [0.25, 0.3) is 0 Å². The van der Waals surface area contributed by atoms with Crippen molar-refractivity contribution in [3.63, 3.8) is 0 Å². The lowest BCUT2D eigenvalue weighted by Gasteiger charge is -2.49. The molecular formula is C29H34Cl2N2O5S. The number of sulfonamides is 1. The summed E-state index contributed by atoms with van der Waals surface area (Å²) in [4.78, 5) is 29.1. The molecule has 0 N–H and O–H groups in total. The zero-order chi connectivity index (χ0) is 28.1. The van der Waals surface area contributed by atoms with Crippen LogP contribution < -0.4 is 0 Å². The Kier molecular flexibility index (Phi) is 7.79. The summed E-state index contributed by atoms with van der Waals surface area (Å²) in [7, 11) is -0.499. The van der Waals surface area contributed by atoms with Crippen LogP contribution in [0.5, 0.6) is 0 Å². The third-order valence-electron chi connectivity index (χ3n) is 8.69. The van der Waals surface area contributed by atoms with Gasteiger partial charge in [-0.1, -0.05) is 54.4 Å². The molecule has 7 nitrogen and oxygen atoms in total. The molecule has 2 saturated carbocycles. The number of hydrogen-bond acceptors (Lipinski definition) is 5. The van der Waals surface area contributed by atoms with E-state index in [0.717, 1.165) is 11.1 Å². The topological polar surface area (TPSA) is 84.0 Å². The molecule has 1 heterocycles. The van der Waals surface area contributed by atoms with Crippen LogP contribution in [0.2, 0.25) is 10.0 Å². The number of carbonyl (C=O) groups excluding carboxylic acids is 2. The van der Waals surface area contributed by atoms with E-state index in [9.17, 15) is 18.0 Å². The van der Waals surface area contributed by atoms with E-state index in [-0.39, 0.29) is 29.6 Å². The minimum absolute atomic E-state index is 0.125. The molecule has 1 saturated heterocycles. The molecule has 1 spiro atoms. The predicted molar refractivity (Wildman–Crippen MR) is 151 cm³/mol. The Morgan fingerprint density at radius 2 is 1.79 bits per heavy atom. The average Bonchev–Trinajstić information content (AvgIpc) is 3.84. The highest BCUT2D eigenvalue weighted by atomic mass is 35.5. The first-order valence-electron chi connectivity index (χ1n) is 13.4. The highest BCUT2D eigenvalue weighted by Crippen LogP contribution is 2.65. The Morgan fingerprint density at radius 1 is 1.10 bits per heavy atom. The van der Waals surface area contributed by atoms with Crippen LogP contribution in [0.1, 0.15) is 62.1 Å². The van der Waals surface area contributed by atoms with Crippen LogP contribution in [0.15, 0.2) is 48.5 Å². The molecule has 5 rings (SSSR count). The Balaban J connectivity index is 1.63. The lowest BCUT2D eigenvalue weighted by Crippen LogP contribution is -2.56. The second-order valence-electron chi connectivity index (χ2n) is 11.1. The summed E-state index contributed by atoms with van der Waals surface area (Å²) in [5, 5.41) is 0.822. The molecule has 3 fully saturated rings. The summed E-state index contributed by atoms with van der Waals surface area (Å²) in [5.41, 5.74) is 0.960. The van der Waals surface area contributed by atoms with Crippen molar-refractivity contribution >= 4 is 45.1 Å². The molecule has 1 amide bonds. The van der Waals surface area contributed by atoms with Crippen molar-refractivity contribution in [1.82, 2.24) is 9.21 Å². The maximum absolute atomic E-state index is 14.5. The van der Waals surface area contributed by atoms with E-state index in [1.165, 1.54) is 11.4 Å². The standard InChI is InChI=1S/C29H34Cl2N2O5S/c1-4-22(17-32(2)39(36,37)23-12-13-23)33-26(18-8-10-20(30)11-9-18)24(19-6-5-7-21(31)14-19)15-29(28(33)35)16-25(29)27(34)38-3/h5-11,14,22-26H,4,12-13,15-17H2,1-3H3/t22-,24?,25?,26+,29?/m0/s1. The number of esters is 1. The van der Waals surface area contributed by atoms with Crippen molar-refractivity contribution in [2.45, 2.75) is 62.3 Å². The van der Waals surface area contributed by atoms with Gasteiger partial charge in [0.1, 0.15) is 0 Å². The smallest absolute Gasteiger partial charge is 0.309 e. The molecule has 3 aliphatic rings. The third kappa shape index (κ3) is 5.21. The number of piperidine rings is 1. The molecule has 2 aromatic rings. The number of rotatable bonds is 9. The molecule has 39 heavy (non-hydrogen) atoms. The minimum atomic E-state index is -3.44. The van der Waals surface area contributed by atoms with Gasteiger partial charge in [-0.3, -0.25) is 9.59 Å². The van der Waals surface area contributed by atoms with Gasteiger partial charge in [-0.2, -0.15) is 0 Å². The number of hydrogen-bond donors (Lipinski definition) is 0. The fourth-order valence-electron chi connectivity index (χ4n) is 6.31. The van der Waals surface area contributed by atoms with Crippen molar-refractivity contribution in [2.24, 2.45) is 11.3 Å². The summed E-state index contributed by atoms with van der Waals surface area (Å²) < 4.78 is 32.6. The van der Waals surface area contributed by atoms with Gasteiger partial charge >= 0.3 is 5.97 Å². The van der Waals surface area contributed by atoms with Crippen LogP contribution in [0, 0.1) is 11.3 Å². The molecule has 0 aromatic heterocycles. The number of likely N-dealkylation sites (tertiary alicyclic amines) is 1. The van der Waals surface area contributed by atoms with E-state index >= 15 is 0 Å². The summed E-state index contributed by atoms with van der Waals surface area (Å²) >= 11 is 12.7. The number of nitrogens with zero attached hydrogens (tertiary/aromatic N) is 2. The fourth-order valence-corrected chi connectivity index (χ4v) is 8.25. The van der Waals surface area contributed by atoms with E-state index in [1.807, 2.05) is 48.2 Å². The largest absolute Gasteiger partial charge is 0.469 e. The van der Waals surface area contributed by atoms with Crippen molar-refractivity contribution in [3.8, 4) is 0 Å². The fraction of sp³-hybridized carbons (Fsp3) is 0.517. The van der Waals surface area contributed by atoms with E-state index in [0.29, 0.717) is 42.1 Å². The van der Waals surface area contributed by atoms with E-state index in [4.69, 9.17) is 27.9 Å². The lowest BCUT2D eigenvalue weighted by atomic mass is 9.72. The molecule has 1 aliphatic heterocycles. The second kappa shape index (κ2) is 10.7. The molecule has 0 radical (unpaired) electrons. The van der Waals surface area contributed by atoms with Crippen LogP contribution in [0.3, 0.4) is 0 Å². The van der Waals surface area contributed by atoms with Gasteiger partial charge < -0.3 is 9.64 Å². The monoisotopic (exact) mass is 592 g/mol. The van der Waals surface area contributed by atoms with Crippen LogP contribution in [0.4, 0.5) is 0 Å². The van der Waals surface area contributed by atoms with Crippen LogP contribution in [0.25, 0.3) is 0 Å². The Labute approximate surface area is 240 Å². The Morgan fingerprint density at radius 3 is 2.38 bits per heavy atom. The van der Waals surface area contributed by atoms with Gasteiger partial charge in [-0.05, 0) is 67.5 Å². The number of likely N-dealkylation sites (N-methyl/N-ethyl adjacent to an activating group) is 1. The number of halogens is 2. The highest BCUT2D eigenvalue weighted by Gasteiger charge is 2.69. The number of amides is 1. The lowest BCUT2D eigenvalue weighted by molar-refractivity contribution is -0.155. The minimum Gasteiger partial charge on any atom is -0.469 e. The molecule has 2 aromatic carbocycles. The SMILES string of the molecule is CC[C@@H](CN(C)S(=O)(=O)C1CC1)N1C(=O)C2(CC(c3cccc(Cl)c3)[C@H]1c1ccc(Cl)cc1)CC2C(=O)OC. The maximum Gasteiger partial charge on any atom is 0.309 e. The predicted octanol–water partition coefficient (Wildman–Crippen LogP) is 5.43. The molecule has 210 valence electrons. The molecule has 10 heteroatoms. The summed E-state index contributed by atoms with van der Waals surface area (Å²) in [6.07, 6.45) is 2.75. The Bertz CT molecular complexity index is 1360. The Hall–Kier alpha value is -2.13. The summed E-state index contributed by atoms with van der Waals surface area (Å²) in [6, 6.07) is 14.3. The highest BCUT2D eigenvalue weighted by molar-refractivity contribution is 7.90. The number of carbonyl (C=O) groups is 2. The second-order valence-corrected chi connectivity index (χ2v) is 14.3. The van der Waals surface area contributed by atoms with Crippen LogP contribution in [-0.2, 0) is 24.3 Å². The maximum atomic E-state index is 14.5. The first-order valence-corrected chi connectivity index (χ1v) is 15.7. The van der Waals surface area contributed by atoms with Crippen molar-refractivity contribution in [3.05, 3.63) is 69.7 Å². The molecular weight excluding hydrogens is 559 g/mol. The quantitative estimate of drug-likeness (QED) is 0.362. The van der Waals surface area contributed by atoms with Crippen LogP contribution >= 0.6 is 23.2 Å². The third-order valence-corrected chi connectivity index (χ3v) is 11.5. The summed E-state index contributed by atoms with van der Waals surface area (Å²) in [5.74, 6) is -1.23. The van der Waals surface area contributed by atoms with Crippen molar-refractivity contribution in [1.29, 1.82) is 0 Å². The normalized spacial score (nSPS) is 27.6. The van der Waals surface area contributed by atoms with Crippen molar-refractivity contribution in [2.75, 3.05) is 20.7 Å². The van der Waals surface area contributed by atoms with Gasteiger partial charge in [0.15, 0.2) is 0 Å². The molecule has 2 aliphatic carbocycles. The van der Waals surface area contributed by atoms with E-state index in [2.05, 4.69) is 0 Å². The number of benzene rings is 2. The number of methoxy groups -OCH3 is 1. The van der Waals surface area contributed by atoms with Gasteiger partial charge in [0.2, 0.25) is 15.9 Å². The molecule has 3 unspecified atom stereocenters. The van der Waals surface area contributed by atoms with Gasteiger partial charge in [0, 0.05) is 35.6 Å². The average molecular weight is 594 g/mol.